The molecular formula is C12H25N3O2. The molecule has 5 heteroatoms. The van der Waals surface area contributed by atoms with E-state index in [0.29, 0.717) is 25.4 Å². The highest BCUT2D eigenvalue weighted by molar-refractivity contribution is 5.76. The molecule has 1 saturated heterocycles. The first-order valence-electron chi connectivity index (χ1n) is 6.23. The highest BCUT2D eigenvalue weighted by atomic mass is 16.3. The van der Waals surface area contributed by atoms with Crippen LogP contribution >= 0.6 is 0 Å². The van der Waals surface area contributed by atoms with Crippen LogP contribution in [0.3, 0.4) is 0 Å². The molecule has 5 nitrogen and oxygen atoms in total. The number of nitrogens with zero attached hydrogens (tertiary/aromatic N) is 1. The molecule has 17 heavy (non-hydrogen) atoms. The van der Waals surface area contributed by atoms with E-state index in [4.69, 9.17) is 0 Å². The van der Waals surface area contributed by atoms with Crippen LogP contribution in [-0.2, 0) is 4.79 Å². The number of amides is 1. The number of aliphatic hydroxyl groups is 1. The molecule has 1 aliphatic heterocycles. The van der Waals surface area contributed by atoms with Gasteiger partial charge in [0.1, 0.15) is 0 Å². The van der Waals surface area contributed by atoms with Crippen LogP contribution in [0.15, 0.2) is 0 Å². The summed E-state index contributed by atoms with van der Waals surface area (Å²) in [7, 11) is 3.81. The Morgan fingerprint density at radius 1 is 1.59 bits per heavy atom. The number of rotatable bonds is 6. The van der Waals surface area contributed by atoms with Gasteiger partial charge >= 0.3 is 0 Å². The smallest absolute Gasteiger partial charge is 0.220 e. The SMILES string of the molecule is CN(C)CC(C)(O)CNC(=O)CC1CCNC1. The van der Waals surface area contributed by atoms with Gasteiger partial charge in [0.25, 0.3) is 0 Å². The minimum atomic E-state index is -0.868. The Labute approximate surface area is 104 Å². The summed E-state index contributed by atoms with van der Waals surface area (Å²) >= 11 is 0. The second-order valence-electron chi connectivity index (χ2n) is 5.57. The maximum atomic E-state index is 11.7. The number of carbonyl (C=O) groups is 1. The largest absolute Gasteiger partial charge is 0.387 e. The van der Waals surface area contributed by atoms with Gasteiger partial charge in [0.05, 0.1) is 5.60 Å². The van der Waals surface area contributed by atoms with Crippen molar-refractivity contribution in [2.45, 2.75) is 25.4 Å². The monoisotopic (exact) mass is 243 g/mol. The van der Waals surface area contributed by atoms with E-state index in [-0.39, 0.29) is 5.91 Å². The lowest BCUT2D eigenvalue weighted by atomic mass is 10.0. The Kier molecular flexibility index (Phi) is 5.36. The van der Waals surface area contributed by atoms with E-state index >= 15 is 0 Å². The lowest BCUT2D eigenvalue weighted by Crippen LogP contribution is -2.47. The highest BCUT2D eigenvalue weighted by Crippen LogP contribution is 2.12. The van der Waals surface area contributed by atoms with Crippen LogP contribution < -0.4 is 10.6 Å². The van der Waals surface area contributed by atoms with E-state index in [9.17, 15) is 9.90 Å². The molecule has 1 fully saturated rings. The molecule has 1 aliphatic rings. The normalized spacial score (nSPS) is 23.7. The Bertz CT molecular complexity index is 248. The molecule has 0 aliphatic carbocycles. The number of nitrogens with one attached hydrogen (secondary N) is 2. The maximum Gasteiger partial charge on any atom is 0.220 e. The Morgan fingerprint density at radius 3 is 2.82 bits per heavy atom. The van der Waals surface area contributed by atoms with Crippen molar-refractivity contribution in [2.24, 2.45) is 5.92 Å². The highest BCUT2D eigenvalue weighted by Gasteiger charge is 2.23. The second kappa shape index (κ2) is 6.33. The second-order valence-corrected chi connectivity index (χ2v) is 5.57. The van der Waals surface area contributed by atoms with Crippen molar-refractivity contribution in [2.75, 3.05) is 40.3 Å². The van der Waals surface area contributed by atoms with Gasteiger partial charge in [0, 0.05) is 19.5 Å². The molecule has 100 valence electrons. The van der Waals surface area contributed by atoms with E-state index in [0.717, 1.165) is 19.5 Å². The predicted octanol–water partition coefficient (Wildman–Crippen LogP) is -0.585. The van der Waals surface area contributed by atoms with Gasteiger partial charge in [0.2, 0.25) is 5.91 Å². The molecule has 1 heterocycles. The van der Waals surface area contributed by atoms with E-state index in [1.54, 1.807) is 6.92 Å². The van der Waals surface area contributed by atoms with Gasteiger partial charge in [-0.25, -0.2) is 0 Å². The first-order chi connectivity index (χ1) is 7.89. The third kappa shape index (κ3) is 6.00. The van der Waals surface area contributed by atoms with Crippen molar-refractivity contribution in [3.8, 4) is 0 Å². The third-order valence-corrected chi connectivity index (χ3v) is 2.96. The minimum absolute atomic E-state index is 0.0396. The lowest BCUT2D eigenvalue weighted by Gasteiger charge is -2.27. The minimum Gasteiger partial charge on any atom is -0.387 e. The maximum absolute atomic E-state index is 11.7. The van der Waals surface area contributed by atoms with Crippen molar-refractivity contribution in [3.63, 3.8) is 0 Å². The molecule has 1 amide bonds. The number of hydrogen-bond acceptors (Lipinski definition) is 4. The molecule has 0 radical (unpaired) electrons. The lowest BCUT2D eigenvalue weighted by molar-refractivity contribution is -0.123. The average Bonchev–Trinajstić information content (AvgIpc) is 2.65. The first-order valence-corrected chi connectivity index (χ1v) is 6.23. The van der Waals surface area contributed by atoms with Crippen LogP contribution in [0, 0.1) is 5.92 Å². The van der Waals surface area contributed by atoms with Crippen molar-refractivity contribution in [1.82, 2.24) is 15.5 Å². The Balaban J connectivity index is 2.22. The van der Waals surface area contributed by atoms with Gasteiger partial charge in [-0.05, 0) is 46.4 Å². The molecule has 1 rings (SSSR count). The van der Waals surface area contributed by atoms with Crippen LogP contribution in [0.25, 0.3) is 0 Å². The van der Waals surface area contributed by atoms with Crippen molar-refractivity contribution in [3.05, 3.63) is 0 Å². The summed E-state index contributed by atoms with van der Waals surface area (Å²) in [6.07, 6.45) is 1.63. The van der Waals surface area contributed by atoms with Crippen LogP contribution in [0.5, 0.6) is 0 Å². The van der Waals surface area contributed by atoms with Gasteiger partial charge < -0.3 is 20.6 Å². The summed E-state index contributed by atoms with van der Waals surface area (Å²) in [5.41, 5.74) is -0.868. The van der Waals surface area contributed by atoms with E-state index < -0.39 is 5.60 Å². The van der Waals surface area contributed by atoms with Crippen LogP contribution in [0.1, 0.15) is 19.8 Å². The molecule has 0 aromatic carbocycles. The Hall–Kier alpha value is -0.650. The fourth-order valence-electron chi connectivity index (χ4n) is 2.25. The fraction of sp³-hybridized carbons (Fsp3) is 0.917. The topological polar surface area (TPSA) is 64.6 Å². The molecule has 3 N–H and O–H groups in total. The summed E-state index contributed by atoms with van der Waals surface area (Å²) < 4.78 is 0. The van der Waals surface area contributed by atoms with Gasteiger partial charge in [-0.3, -0.25) is 4.79 Å². The third-order valence-electron chi connectivity index (χ3n) is 2.96. The summed E-state index contributed by atoms with van der Waals surface area (Å²) in [6.45, 7) is 4.53. The zero-order chi connectivity index (χ0) is 12.9. The summed E-state index contributed by atoms with van der Waals surface area (Å²) in [5, 5.41) is 16.1. The van der Waals surface area contributed by atoms with E-state index in [1.165, 1.54) is 0 Å². The van der Waals surface area contributed by atoms with E-state index in [2.05, 4.69) is 10.6 Å². The average molecular weight is 243 g/mol. The van der Waals surface area contributed by atoms with Crippen molar-refractivity contribution < 1.29 is 9.90 Å². The Morgan fingerprint density at radius 2 is 2.29 bits per heavy atom. The quantitative estimate of drug-likeness (QED) is 0.584. The van der Waals surface area contributed by atoms with Gasteiger partial charge in [-0.1, -0.05) is 0 Å². The number of likely N-dealkylation sites (N-methyl/N-ethyl adjacent to an activating group) is 1. The zero-order valence-electron chi connectivity index (χ0n) is 11.1. The molecule has 0 aromatic heterocycles. The van der Waals surface area contributed by atoms with Gasteiger partial charge in [-0.15, -0.1) is 0 Å². The molecule has 0 aromatic rings. The molecule has 0 bridgehead atoms. The number of hydrogen-bond donors (Lipinski definition) is 3. The standard InChI is InChI=1S/C12H25N3O2/c1-12(17,9-15(2)3)8-14-11(16)6-10-4-5-13-7-10/h10,13,17H,4-9H2,1-3H3,(H,14,16). The molecule has 2 atom stereocenters. The molecule has 0 spiro atoms. The fourth-order valence-corrected chi connectivity index (χ4v) is 2.25. The molecule has 0 saturated carbocycles. The summed E-state index contributed by atoms with van der Waals surface area (Å²) in [4.78, 5) is 13.6. The zero-order valence-corrected chi connectivity index (χ0v) is 11.1. The van der Waals surface area contributed by atoms with E-state index in [1.807, 2.05) is 19.0 Å². The first kappa shape index (κ1) is 14.4. The molecular weight excluding hydrogens is 218 g/mol. The van der Waals surface area contributed by atoms with Crippen molar-refractivity contribution in [1.29, 1.82) is 0 Å². The summed E-state index contributed by atoms with van der Waals surface area (Å²) in [5.74, 6) is 0.492. The van der Waals surface area contributed by atoms with Gasteiger partial charge in [0.15, 0.2) is 0 Å². The van der Waals surface area contributed by atoms with Crippen LogP contribution in [0.4, 0.5) is 0 Å². The summed E-state index contributed by atoms with van der Waals surface area (Å²) in [6, 6.07) is 0. The predicted molar refractivity (Wildman–Crippen MR) is 67.8 cm³/mol. The van der Waals surface area contributed by atoms with Crippen LogP contribution in [0.2, 0.25) is 0 Å². The molecule has 2 unspecified atom stereocenters. The number of carbonyl (C=O) groups excluding carboxylic acids is 1. The van der Waals surface area contributed by atoms with Crippen molar-refractivity contribution >= 4 is 5.91 Å². The van der Waals surface area contributed by atoms with Crippen LogP contribution in [-0.4, -0.2) is 61.8 Å². The van der Waals surface area contributed by atoms with Gasteiger partial charge in [-0.2, -0.15) is 0 Å².